The number of nitrogens with one attached hydrogen (secondary N) is 1. The van der Waals surface area contributed by atoms with Gasteiger partial charge >= 0.3 is 0 Å². The third-order valence-electron chi connectivity index (χ3n) is 3.30. The average molecular weight is 270 g/mol. The zero-order valence-electron chi connectivity index (χ0n) is 11.1. The number of rotatable bonds is 4. The third-order valence-corrected chi connectivity index (χ3v) is 3.30. The second-order valence-corrected chi connectivity index (χ2v) is 4.75. The predicted molar refractivity (Wildman–Crippen MR) is 71.2 cm³/mol. The van der Waals surface area contributed by atoms with Crippen LogP contribution in [0.2, 0.25) is 0 Å². The van der Waals surface area contributed by atoms with E-state index in [0.717, 1.165) is 5.82 Å². The minimum absolute atomic E-state index is 0.211. The highest BCUT2D eigenvalue weighted by molar-refractivity contribution is 6.21. The molecule has 0 saturated carbocycles. The molecule has 20 heavy (non-hydrogen) atoms. The molecule has 0 unspecified atom stereocenters. The number of aryl methyl sites for hydroxylation is 2. The third kappa shape index (κ3) is 2.09. The van der Waals surface area contributed by atoms with E-state index in [1.807, 2.05) is 6.92 Å². The first kappa shape index (κ1) is 12.5. The highest BCUT2D eigenvalue weighted by Gasteiger charge is 2.34. The van der Waals surface area contributed by atoms with Crippen LogP contribution in [0.1, 0.15) is 38.8 Å². The maximum atomic E-state index is 12.1. The molecule has 0 spiro atoms. The van der Waals surface area contributed by atoms with E-state index in [1.165, 1.54) is 4.90 Å². The Morgan fingerprint density at radius 2 is 1.80 bits per heavy atom. The molecule has 1 aliphatic rings. The quantitative estimate of drug-likeness (QED) is 0.850. The first-order valence-electron chi connectivity index (χ1n) is 6.50. The van der Waals surface area contributed by atoms with Crippen LogP contribution in [-0.4, -0.2) is 38.4 Å². The van der Waals surface area contributed by atoms with E-state index in [9.17, 15) is 9.59 Å². The summed E-state index contributed by atoms with van der Waals surface area (Å²) in [5.41, 5.74) is 0.984. The van der Waals surface area contributed by atoms with Gasteiger partial charge in [0.2, 0.25) is 0 Å². The monoisotopic (exact) mass is 270 g/mol. The van der Waals surface area contributed by atoms with Crippen LogP contribution in [0.15, 0.2) is 24.3 Å². The Kier molecular flexibility index (Phi) is 3.06. The molecule has 1 aromatic heterocycles. The maximum absolute atomic E-state index is 12.1. The summed E-state index contributed by atoms with van der Waals surface area (Å²) in [4.78, 5) is 29.7. The number of nitrogens with zero attached hydrogens (tertiary/aromatic N) is 3. The Labute approximate surface area is 115 Å². The van der Waals surface area contributed by atoms with E-state index in [0.29, 0.717) is 36.3 Å². The molecule has 6 heteroatoms. The Morgan fingerprint density at radius 1 is 1.15 bits per heavy atom. The van der Waals surface area contributed by atoms with Crippen molar-refractivity contribution < 1.29 is 9.59 Å². The van der Waals surface area contributed by atoms with Crippen LogP contribution >= 0.6 is 0 Å². The lowest BCUT2D eigenvalue weighted by molar-refractivity contribution is 0.0652. The summed E-state index contributed by atoms with van der Waals surface area (Å²) < 4.78 is 0. The molecule has 0 radical (unpaired) electrons. The molecular formula is C14H14N4O2. The molecule has 2 heterocycles. The lowest BCUT2D eigenvalue weighted by Gasteiger charge is -2.12. The number of amides is 2. The normalized spacial score (nSPS) is 13.9. The van der Waals surface area contributed by atoms with Gasteiger partial charge in [0.25, 0.3) is 11.8 Å². The van der Waals surface area contributed by atoms with Gasteiger partial charge in [-0.05, 0) is 25.5 Å². The van der Waals surface area contributed by atoms with Crippen molar-refractivity contribution in [2.75, 3.05) is 6.54 Å². The van der Waals surface area contributed by atoms with Gasteiger partial charge in [0.15, 0.2) is 5.82 Å². The number of carbonyl (C=O) groups excluding carboxylic acids is 2. The van der Waals surface area contributed by atoms with Crippen LogP contribution in [0.3, 0.4) is 0 Å². The SMILES string of the molecule is Cc1nc(CCCN2C(=O)c3ccccc3C2=O)n[nH]1. The average Bonchev–Trinajstić information content (AvgIpc) is 2.97. The van der Waals surface area contributed by atoms with E-state index in [1.54, 1.807) is 24.3 Å². The van der Waals surface area contributed by atoms with Crippen LogP contribution in [0, 0.1) is 6.92 Å². The van der Waals surface area contributed by atoms with Gasteiger partial charge in [0, 0.05) is 13.0 Å². The molecule has 102 valence electrons. The number of fused-ring (bicyclic) bond motifs is 1. The number of carbonyl (C=O) groups is 2. The zero-order chi connectivity index (χ0) is 14.1. The van der Waals surface area contributed by atoms with E-state index in [-0.39, 0.29) is 11.8 Å². The Bertz CT molecular complexity index is 642. The standard InChI is InChI=1S/C14H14N4O2/c1-9-15-12(17-16-9)7-4-8-18-13(19)10-5-2-3-6-11(10)14(18)20/h2-3,5-6H,4,7-8H2,1H3,(H,15,16,17). The summed E-state index contributed by atoms with van der Waals surface area (Å²) in [7, 11) is 0. The number of H-pyrrole nitrogens is 1. The van der Waals surface area contributed by atoms with Gasteiger partial charge in [-0.25, -0.2) is 4.98 Å². The fourth-order valence-electron chi connectivity index (χ4n) is 2.34. The fraction of sp³-hybridized carbons (Fsp3) is 0.286. The summed E-state index contributed by atoms with van der Waals surface area (Å²) in [5, 5.41) is 6.80. The van der Waals surface area contributed by atoms with Gasteiger partial charge in [0.05, 0.1) is 11.1 Å². The van der Waals surface area contributed by atoms with Gasteiger partial charge < -0.3 is 0 Å². The first-order valence-corrected chi connectivity index (χ1v) is 6.50. The fourth-order valence-corrected chi connectivity index (χ4v) is 2.34. The topological polar surface area (TPSA) is 79.0 Å². The number of hydrogen-bond acceptors (Lipinski definition) is 4. The van der Waals surface area contributed by atoms with E-state index < -0.39 is 0 Å². The number of hydrogen-bond donors (Lipinski definition) is 1. The molecule has 3 rings (SSSR count). The van der Waals surface area contributed by atoms with Crippen molar-refractivity contribution in [1.82, 2.24) is 20.1 Å². The van der Waals surface area contributed by atoms with Gasteiger partial charge in [-0.3, -0.25) is 19.6 Å². The minimum atomic E-state index is -0.211. The van der Waals surface area contributed by atoms with Gasteiger partial charge in [-0.15, -0.1) is 0 Å². The summed E-state index contributed by atoms with van der Waals surface area (Å²) >= 11 is 0. The van der Waals surface area contributed by atoms with Crippen molar-refractivity contribution in [3.8, 4) is 0 Å². The molecular weight excluding hydrogens is 256 g/mol. The van der Waals surface area contributed by atoms with Crippen molar-refractivity contribution in [2.45, 2.75) is 19.8 Å². The van der Waals surface area contributed by atoms with Crippen molar-refractivity contribution in [3.63, 3.8) is 0 Å². The second-order valence-electron chi connectivity index (χ2n) is 4.75. The highest BCUT2D eigenvalue weighted by atomic mass is 16.2. The van der Waals surface area contributed by atoms with Crippen molar-refractivity contribution in [1.29, 1.82) is 0 Å². The minimum Gasteiger partial charge on any atom is -0.274 e. The molecule has 0 bridgehead atoms. The number of aromatic amines is 1. The molecule has 6 nitrogen and oxygen atoms in total. The molecule has 2 aromatic rings. The van der Waals surface area contributed by atoms with Crippen LogP contribution in [0.5, 0.6) is 0 Å². The lowest BCUT2D eigenvalue weighted by Crippen LogP contribution is -2.31. The Morgan fingerprint density at radius 3 is 2.35 bits per heavy atom. The number of aromatic nitrogens is 3. The molecule has 0 saturated heterocycles. The summed E-state index contributed by atoms with van der Waals surface area (Å²) in [5.74, 6) is 1.05. The van der Waals surface area contributed by atoms with Crippen molar-refractivity contribution >= 4 is 11.8 Å². The Balaban J connectivity index is 1.65. The molecule has 1 aromatic carbocycles. The smallest absolute Gasteiger partial charge is 0.261 e. The van der Waals surface area contributed by atoms with Crippen LogP contribution < -0.4 is 0 Å². The lowest BCUT2D eigenvalue weighted by atomic mass is 10.1. The first-order chi connectivity index (χ1) is 9.66. The van der Waals surface area contributed by atoms with E-state index >= 15 is 0 Å². The molecule has 2 amide bonds. The predicted octanol–water partition coefficient (Wildman–Crippen LogP) is 1.34. The molecule has 0 atom stereocenters. The van der Waals surface area contributed by atoms with E-state index in [4.69, 9.17) is 0 Å². The molecule has 1 aliphatic heterocycles. The van der Waals surface area contributed by atoms with Crippen molar-refractivity contribution in [2.24, 2.45) is 0 Å². The van der Waals surface area contributed by atoms with Crippen molar-refractivity contribution in [3.05, 3.63) is 47.0 Å². The van der Waals surface area contributed by atoms with Gasteiger partial charge in [-0.2, -0.15) is 5.10 Å². The van der Waals surface area contributed by atoms with Crippen LogP contribution in [-0.2, 0) is 6.42 Å². The molecule has 0 fully saturated rings. The molecule has 1 N–H and O–H groups in total. The second kappa shape index (κ2) is 4.88. The summed E-state index contributed by atoms with van der Waals surface area (Å²) in [6, 6.07) is 6.91. The number of imide groups is 1. The van der Waals surface area contributed by atoms with Gasteiger partial charge in [-0.1, -0.05) is 12.1 Å². The van der Waals surface area contributed by atoms with Crippen LogP contribution in [0.4, 0.5) is 0 Å². The summed E-state index contributed by atoms with van der Waals surface area (Å²) in [6.07, 6.45) is 1.29. The van der Waals surface area contributed by atoms with Crippen LogP contribution in [0.25, 0.3) is 0 Å². The Hall–Kier alpha value is -2.50. The molecule has 0 aliphatic carbocycles. The maximum Gasteiger partial charge on any atom is 0.261 e. The number of benzene rings is 1. The van der Waals surface area contributed by atoms with E-state index in [2.05, 4.69) is 15.2 Å². The largest absolute Gasteiger partial charge is 0.274 e. The zero-order valence-corrected chi connectivity index (χ0v) is 11.1. The van der Waals surface area contributed by atoms with Gasteiger partial charge in [0.1, 0.15) is 5.82 Å². The summed E-state index contributed by atoms with van der Waals surface area (Å²) in [6.45, 7) is 2.22. The highest BCUT2D eigenvalue weighted by Crippen LogP contribution is 2.22.